The predicted octanol–water partition coefficient (Wildman–Crippen LogP) is 3.48. The minimum atomic E-state index is -4.86. The molecule has 0 aromatic heterocycles. The standard InChI is InChI=1S/C7H7F6N/c1-3-5(7(11,12)13)14-4(2)6(8,9)10/h3H,1-2H3/b5-3-,14-4+. The van der Waals surface area contributed by atoms with E-state index < -0.39 is 23.8 Å². The third kappa shape index (κ3) is 3.80. The van der Waals surface area contributed by atoms with Crippen LogP contribution in [-0.4, -0.2) is 18.1 Å². The molecule has 0 aliphatic rings. The van der Waals surface area contributed by atoms with E-state index in [0.717, 1.165) is 6.92 Å². The lowest BCUT2D eigenvalue weighted by molar-refractivity contribution is -0.0932. The molecule has 14 heavy (non-hydrogen) atoms. The highest BCUT2D eigenvalue weighted by atomic mass is 19.4. The highest BCUT2D eigenvalue weighted by Crippen LogP contribution is 2.28. The molecule has 0 aliphatic carbocycles. The molecule has 0 fully saturated rings. The zero-order valence-corrected chi connectivity index (χ0v) is 7.29. The first kappa shape index (κ1) is 13.0. The molecule has 0 radical (unpaired) electrons. The van der Waals surface area contributed by atoms with Gasteiger partial charge in [0.05, 0.1) is 0 Å². The number of hydrogen-bond donors (Lipinski definition) is 0. The molecule has 0 heterocycles. The van der Waals surface area contributed by atoms with Gasteiger partial charge in [-0.2, -0.15) is 26.3 Å². The summed E-state index contributed by atoms with van der Waals surface area (Å²) in [4.78, 5) is 2.47. The monoisotopic (exact) mass is 219 g/mol. The minimum Gasteiger partial charge on any atom is -0.244 e. The van der Waals surface area contributed by atoms with Crippen LogP contribution in [0.4, 0.5) is 26.3 Å². The van der Waals surface area contributed by atoms with Crippen molar-refractivity contribution in [2.24, 2.45) is 4.99 Å². The van der Waals surface area contributed by atoms with E-state index in [4.69, 9.17) is 0 Å². The number of allylic oxidation sites excluding steroid dienone is 2. The van der Waals surface area contributed by atoms with Crippen LogP contribution in [-0.2, 0) is 0 Å². The van der Waals surface area contributed by atoms with Crippen molar-refractivity contribution in [1.82, 2.24) is 0 Å². The zero-order chi connectivity index (χ0) is 11.6. The maximum atomic E-state index is 11.9. The van der Waals surface area contributed by atoms with Crippen molar-refractivity contribution in [1.29, 1.82) is 0 Å². The molecule has 0 bridgehead atoms. The Hall–Kier alpha value is -1.01. The van der Waals surface area contributed by atoms with Gasteiger partial charge in [0, 0.05) is 0 Å². The first-order valence-corrected chi connectivity index (χ1v) is 3.45. The van der Waals surface area contributed by atoms with E-state index >= 15 is 0 Å². The molecule has 0 aromatic rings. The summed E-state index contributed by atoms with van der Waals surface area (Å²) in [5.41, 5.74) is -3.07. The fraction of sp³-hybridized carbons (Fsp3) is 0.571. The maximum absolute atomic E-state index is 11.9. The molecule has 0 rings (SSSR count). The lowest BCUT2D eigenvalue weighted by atomic mass is 10.3. The van der Waals surface area contributed by atoms with Gasteiger partial charge in [-0.05, 0) is 13.8 Å². The largest absolute Gasteiger partial charge is 0.433 e. The first-order chi connectivity index (χ1) is 6.09. The lowest BCUT2D eigenvalue weighted by Gasteiger charge is -2.09. The third-order valence-electron chi connectivity index (χ3n) is 1.26. The molecule has 0 spiro atoms. The van der Waals surface area contributed by atoms with Gasteiger partial charge in [0.25, 0.3) is 0 Å². The summed E-state index contributed by atoms with van der Waals surface area (Å²) in [5, 5.41) is 0. The summed E-state index contributed by atoms with van der Waals surface area (Å²) in [6, 6.07) is 0. The second-order valence-corrected chi connectivity index (χ2v) is 2.37. The van der Waals surface area contributed by atoms with Crippen molar-refractivity contribution in [3.63, 3.8) is 0 Å². The maximum Gasteiger partial charge on any atom is 0.433 e. The molecule has 0 aromatic carbocycles. The van der Waals surface area contributed by atoms with Crippen LogP contribution in [0.2, 0.25) is 0 Å². The lowest BCUT2D eigenvalue weighted by Crippen LogP contribution is -2.21. The van der Waals surface area contributed by atoms with Gasteiger partial charge in [0.1, 0.15) is 11.4 Å². The Morgan fingerprint density at radius 2 is 1.43 bits per heavy atom. The Balaban J connectivity index is 4.99. The van der Waals surface area contributed by atoms with Gasteiger partial charge in [-0.3, -0.25) is 0 Å². The Morgan fingerprint density at radius 1 is 1.00 bits per heavy atom. The summed E-state index contributed by atoms with van der Waals surface area (Å²) < 4.78 is 71.2. The normalized spacial score (nSPS) is 16.0. The van der Waals surface area contributed by atoms with Crippen molar-refractivity contribution >= 4 is 5.71 Å². The molecule has 1 nitrogen and oxygen atoms in total. The van der Waals surface area contributed by atoms with Crippen LogP contribution < -0.4 is 0 Å². The second kappa shape index (κ2) is 4.02. The Kier molecular flexibility index (Phi) is 3.73. The Morgan fingerprint density at radius 3 is 1.64 bits per heavy atom. The average molecular weight is 219 g/mol. The van der Waals surface area contributed by atoms with Crippen LogP contribution in [0.25, 0.3) is 0 Å². The molecule has 0 amide bonds. The fourth-order valence-corrected chi connectivity index (χ4v) is 0.536. The molecule has 0 atom stereocenters. The highest BCUT2D eigenvalue weighted by molar-refractivity contribution is 5.88. The van der Waals surface area contributed by atoms with E-state index in [0.29, 0.717) is 13.0 Å². The van der Waals surface area contributed by atoms with E-state index in [1.807, 2.05) is 0 Å². The zero-order valence-electron chi connectivity index (χ0n) is 7.29. The van der Waals surface area contributed by atoms with Crippen LogP contribution in [0.15, 0.2) is 16.8 Å². The molecule has 7 heteroatoms. The van der Waals surface area contributed by atoms with Gasteiger partial charge in [-0.25, -0.2) is 4.99 Å². The predicted molar refractivity (Wildman–Crippen MR) is 39.0 cm³/mol. The smallest absolute Gasteiger partial charge is 0.244 e. The number of rotatable bonds is 1. The molecule has 0 saturated carbocycles. The molecule has 82 valence electrons. The average Bonchev–Trinajstić information content (AvgIpc) is 1.95. The van der Waals surface area contributed by atoms with Gasteiger partial charge < -0.3 is 0 Å². The van der Waals surface area contributed by atoms with E-state index in [9.17, 15) is 26.3 Å². The summed E-state index contributed by atoms with van der Waals surface area (Å²) in [6.45, 7) is 1.45. The third-order valence-corrected chi connectivity index (χ3v) is 1.26. The quantitative estimate of drug-likeness (QED) is 0.473. The van der Waals surface area contributed by atoms with E-state index in [2.05, 4.69) is 4.99 Å². The number of nitrogens with zero attached hydrogens (tertiary/aromatic N) is 1. The summed E-state index contributed by atoms with van der Waals surface area (Å²) in [5.74, 6) is 0. The number of hydrogen-bond acceptors (Lipinski definition) is 1. The number of halogens is 6. The molecule has 0 N–H and O–H groups in total. The Labute approximate surface area is 76.1 Å². The molecule has 0 saturated heterocycles. The van der Waals surface area contributed by atoms with Crippen molar-refractivity contribution in [2.45, 2.75) is 26.2 Å². The van der Waals surface area contributed by atoms with Crippen LogP contribution in [0.5, 0.6) is 0 Å². The van der Waals surface area contributed by atoms with Gasteiger partial charge >= 0.3 is 12.4 Å². The van der Waals surface area contributed by atoms with E-state index in [1.165, 1.54) is 0 Å². The van der Waals surface area contributed by atoms with E-state index in [1.54, 1.807) is 0 Å². The summed E-state index contributed by atoms with van der Waals surface area (Å²) in [6.07, 6.45) is -9.21. The van der Waals surface area contributed by atoms with Gasteiger partial charge in [-0.1, -0.05) is 6.08 Å². The molecule has 0 unspecified atom stereocenters. The van der Waals surface area contributed by atoms with E-state index in [-0.39, 0.29) is 0 Å². The molecule has 0 aliphatic heterocycles. The number of aliphatic imine (C=N–C) groups is 1. The SMILES string of the molecule is C/C=C(\N=C(/C)C(F)(F)F)C(F)(F)F. The van der Waals surface area contributed by atoms with Gasteiger partial charge in [0.15, 0.2) is 0 Å². The van der Waals surface area contributed by atoms with Gasteiger partial charge in [0.2, 0.25) is 0 Å². The van der Waals surface area contributed by atoms with Crippen LogP contribution >= 0.6 is 0 Å². The minimum absolute atomic E-state index is 0.481. The number of alkyl halides is 6. The molecular weight excluding hydrogens is 212 g/mol. The summed E-state index contributed by atoms with van der Waals surface area (Å²) >= 11 is 0. The summed E-state index contributed by atoms with van der Waals surface area (Å²) in [7, 11) is 0. The van der Waals surface area contributed by atoms with Crippen LogP contribution in [0.1, 0.15) is 13.8 Å². The van der Waals surface area contributed by atoms with Crippen molar-refractivity contribution in [2.75, 3.05) is 0 Å². The van der Waals surface area contributed by atoms with Crippen molar-refractivity contribution in [3.8, 4) is 0 Å². The van der Waals surface area contributed by atoms with Crippen LogP contribution in [0, 0.1) is 0 Å². The van der Waals surface area contributed by atoms with Crippen molar-refractivity contribution in [3.05, 3.63) is 11.8 Å². The second-order valence-electron chi connectivity index (χ2n) is 2.37. The van der Waals surface area contributed by atoms with Crippen molar-refractivity contribution < 1.29 is 26.3 Å². The topological polar surface area (TPSA) is 12.4 Å². The Bertz CT molecular complexity index is 256. The molecular formula is C7H7F6N. The van der Waals surface area contributed by atoms with Gasteiger partial charge in [-0.15, -0.1) is 0 Å². The van der Waals surface area contributed by atoms with Crippen LogP contribution in [0.3, 0.4) is 0 Å². The fourth-order valence-electron chi connectivity index (χ4n) is 0.536. The highest BCUT2D eigenvalue weighted by Gasteiger charge is 2.37. The first-order valence-electron chi connectivity index (χ1n) is 3.45.